The van der Waals surface area contributed by atoms with E-state index in [1.165, 1.54) is 0 Å². The molecule has 7 rings (SSSR count). The van der Waals surface area contributed by atoms with Crippen LogP contribution in [-0.4, -0.2) is 22.0 Å². The lowest BCUT2D eigenvalue weighted by atomic mass is 10.1. The summed E-state index contributed by atoms with van der Waals surface area (Å²) in [6, 6.07) is 34.8. The van der Waals surface area contributed by atoms with Gasteiger partial charge in [-0.1, -0.05) is 78.9 Å². The van der Waals surface area contributed by atoms with Crippen LogP contribution in [0, 0.1) is 0 Å². The summed E-state index contributed by atoms with van der Waals surface area (Å²) in [7, 11) is -3.58. The maximum absolute atomic E-state index is 12.3. The SMILES string of the molecule is Nc1ccc(/C=C/c2ccc3c(c2)OCO3)cc1.O=S(=O)(Nc1ccc(/C=C/c2ccc3c(c2)OCO3)cc1)c1ccccc1. The molecule has 0 aliphatic carbocycles. The highest BCUT2D eigenvalue weighted by Gasteiger charge is 2.14. The van der Waals surface area contributed by atoms with Crippen LogP contribution in [0.4, 0.5) is 11.4 Å². The lowest BCUT2D eigenvalue weighted by Crippen LogP contribution is -2.12. The number of anilines is 2. The summed E-state index contributed by atoms with van der Waals surface area (Å²) in [5.74, 6) is 3.10. The quantitative estimate of drug-likeness (QED) is 0.143. The number of nitrogen functional groups attached to an aromatic ring is 1. The van der Waals surface area contributed by atoms with Crippen LogP contribution in [0.3, 0.4) is 0 Å². The molecule has 0 saturated heterocycles. The van der Waals surface area contributed by atoms with Gasteiger partial charge in [-0.25, -0.2) is 8.42 Å². The van der Waals surface area contributed by atoms with E-state index in [4.69, 9.17) is 24.7 Å². The monoisotopic (exact) mass is 618 g/mol. The maximum Gasteiger partial charge on any atom is 0.261 e. The molecule has 0 unspecified atom stereocenters. The van der Waals surface area contributed by atoms with E-state index in [0.717, 1.165) is 50.9 Å². The summed E-state index contributed by atoms with van der Waals surface area (Å²) >= 11 is 0. The van der Waals surface area contributed by atoms with Crippen LogP contribution >= 0.6 is 0 Å². The molecule has 8 nitrogen and oxygen atoms in total. The second-order valence-corrected chi connectivity index (χ2v) is 11.8. The summed E-state index contributed by atoms with van der Waals surface area (Å²) in [4.78, 5) is 0.233. The Morgan fingerprint density at radius 1 is 0.533 bits per heavy atom. The fourth-order valence-electron chi connectivity index (χ4n) is 4.50. The van der Waals surface area contributed by atoms with Gasteiger partial charge < -0.3 is 24.7 Å². The highest BCUT2D eigenvalue weighted by molar-refractivity contribution is 7.92. The van der Waals surface area contributed by atoms with E-state index in [1.807, 2.05) is 97.1 Å². The van der Waals surface area contributed by atoms with Crippen molar-refractivity contribution in [3.05, 3.63) is 138 Å². The average Bonchev–Trinajstić information content (AvgIpc) is 3.74. The van der Waals surface area contributed by atoms with Crippen molar-refractivity contribution in [1.82, 2.24) is 0 Å². The Morgan fingerprint density at radius 2 is 0.978 bits per heavy atom. The Kier molecular flexibility index (Phi) is 8.70. The van der Waals surface area contributed by atoms with Gasteiger partial charge in [0.05, 0.1) is 4.90 Å². The van der Waals surface area contributed by atoms with E-state index >= 15 is 0 Å². The lowest BCUT2D eigenvalue weighted by Gasteiger charge is -2.08. The van der Waals surface area contributed by atoms with Gasteiger partial charge in [0.2, 0.25) is 13.6 Å². The molecule has 5 aromatic rings. The summed E-state index contributed by atoms with van der Waals surface area (Å²) in [5.41, 5.74) is 11.1. The number of ether oxygens (including phenoxy) is 4. The molecule has 0 radical (unpaired) electrons. The number of fused-ring (bicyclic) bond motifs is 2. The normalized spacial score (nSPS) is 13.1. The van der Waals surface area contributed by atoms with Gasteiger partial charge in [0.1, 0.15) is 0 Å². The molecule has 9 heteroatoms. The second-order valence-electron chi connectivity index (χ2n) is 10.1. The minimum absolute atomic E-state index is 0.233. The van der Waals surface area contributed by atoms with Crippen molar-refractivity contribution in [3.63, 3.8) is 0 Å². The fourth-order valence-corrected chi connectivity index (χ4v) is 5.58. The molecule has 2 aliphatic heterocycles. The number of benzene rings is 5. The molecule has 226 valence electrons. The molecule has 0 aromatic heterocycles. The summed E-state index contributed by atoms with van der Waals surface area (Å²) < 4.78 is 48.5. The van der Waals surface area contributed by atoms with Gasteiger partial charge in [-0.2, -0.15) is 0 Å². The third kappa shape index (κ3) is 7.65. The number of hydrogen-bond acceptors (Lipinski definition) is 7. The smallest absolute Gasteiger partial charge is 0.261 e. The summed E-state index contributed by atoms with van der Waals surface area (Å²) in [5, 5.41) is 0. The molecule has 2 aliphatic rings. The minimum atomic E-state index is -3.58. The fraction of sp³-hybridized carbons (Fsp3) is 0.0556. The second kappa shape index (κ2) is 13.3. The van der Waals surface area contributed by atoms with Gasteiger partial charge in [0.15, 0.2) is 23.0 Å². The van der Waals surface area contributed by atoms with Crippen LogP contribution < -0.4 is 29.4 Å². The number of sulfonamides is 1. The molecule has 0 saturated carbocycles. The number of hydrogen-bond donors (Lipinski definition) is 2. The van der Waals surface area contributed by atoms with Gasteiger partial charge in [-0.3, -0.25) is 4.72 Å². The number of nitrogens with one attached hydrogen (secondary N) is 1. The van der Waals surface area contributed by atoms with Crippen molar-refractivity contribution in [2.75, 3.05) is 24.0 Å². The molecule has 0 spiro atoms. The highest BCUT2D eigenvalue weighted by Crippen LogP contribution is 2.34. The van der Waals surface area contributed by atoms with E-state index in [-0.39, 0.29) is 11.7 Å². The molecule has 2 heterocycles. The Morgan fingerprint density at radius 3 is 1.51 bits per heavy atom. The first kappa shape index (κ1) is 29.4. The topological polar surface area (TPSA) is 109 Å². The molecule has 5 aromatic carbocycles. The van der Waals surface area contributed by atoms with Crippen LogP contribution in [0.5, 0.6) is 23.0 Å². The van der Waals surface area contributed by atoms with Crippen molar-refractivity contribution in [3.8, 4) is 23.0 Å². The molecule has 0 fully saturated rings. The molecular formula is C36H30N2O6S. The molecule has 3 N–H and O–H groups in total. The molecular weight excluding hydrogens is 588 g/mol. The van der Waals surface area contributed by atoms with Crippen molar-refractivity contribution < 1.29 is 27.4 Å². The van der Waals surface area contributed by atoms with E-state index in [0.29, 0.717) is 12.5 Å². The zero-order valence-electron chi connectivity index (χ0n) is 24.1. The van der Waals surface area contributed by atoms with Gasteiger partial charge in [-0.15, -0.1) is 0 Å². The third-order valence-corrected chi connectivity index (χ3v) is 8.28. The van der Waals surface area contributed by atoms with Crippen LogP contribution in [0.2, 0.25) is 0 Å². The van der Waals surface area contributed by atoms with Crippen LogP contribution in [0.25, 0.3) is 24.3 Å². The zero-order valence-corrected chi connectivity index (χ0v) is 24.9. The van der Waals surface area contributed by atoms with E-state index in [9.17, 15) is 8.42 Å². The number of nitrogens with two attached hydrogens (primary N) is 1. The zero-order chi connectivity index (χ0) is 31.1. The first-order valence-corrected chi connectivity index (χ1v) is 15.6. The first-order valence-electron chi connectivity index (χ1n) is 14.1. The van der Waals surface area contributed by atoms with Crippen LogP contribution in [0.1, 0.15) is 22.3 Å². The predicted molar refractivity (Wildman–Crippen MR) is 178 cm³/mol. The van der Waals surface area contributed by atoms with Gasteiger partial charge in [0.25, 0.3) is 10.0 Å². The van der Waals surface area contributed by atoms with Gasteiger partial charge in [-0.05, 0) is 82.9 Å². The van der Waals surface area contributed by atoms with Gasteiger partial charge in [0, 0.05) is 11.4 Å². The maximum atomic E-state index is 12.3. The van der Waals surface area contributed by atoms with Crippen LogP contribution in [-0.2, 0) is 10.0 Å². The number of rotatable bonds is 7. The van der Waals surface area contributed by atoms with Crippen LogP contribution in [0.15, 0.2) is 120 Å². The Balaban J connectivity index is 0.000000172. The molecule has 0 amide bonds. The van der Waals surface area contributed by atoms with Gasteiger partial charge >= 0.3 is 0 Å². The standard InChI is InChI=1S/C21H17NO4S.C15H13NO2/c23-27(24,19-4-2-1-3-5-19)22-18-11-8-16(9-12-18)6-7-17-10-13-20-21(14-17)26-15-25-20;16-13-6-3-11(4-7-13)1-2-12-5-8-14-15(9-12)18-10-17-14/h1-14,22H,15H2;1-9H,10,16H2/b7-6+;2-1+. The Hall–Kier alpha value is -5.67. The van der Waals surface area contributed by atoms with Crippen molar-refractivity contribution in [2.24, 2.45) is 0 Å². The summed E-state index contributed by atoms with van der Waals surface area (Å²) in [6.45, 7) is 0.559. The molecule has 0 atom stereocenters. The van der Waals surface area contributed by atoms with Crippen molar-refractivity contribution in [1.29, 1.82) is 0 Å². The molecule has 0 bridgehead atoms. The van der Waals surface area contributed by atoms with E-state index in [1.54, 1.807) is 42.5 Å². The van der Waals surface area contributed by atoms with E-state index in [2.05, 4.69) is 4.72 Å². The largest absolute Gasteiger partial charge is 0.454 e. The highest BCUT2D eigenvalue weighted by atomic mass is 32.2. The first-order chi connectivity index (χ1) is 21.9. The summed E-state index contributed by atoms with van der Waals surface area (Å²) in [6.07, 6.45) is 7.99. The van der Waals surface area contributed by atoms with Crippen molar-refractivity contribution in [2.45, 2.75) is 4.90 Å². The molecule has 45 heavy (non-hydrogen) atoms. The lowest BCUT2D eigenvalue weighted by molar-refractivity contribution is 0.173. The van der Waals surface area contributed by atoms with Crippen molar-refractivity contribution >= 4 is 45.7 Å². The Labute approximate surface area is 262 Å². The van der Waals surface area contributed by atoms with E-state index < -0.39 is 10.0 Å². The third-order valence-electron chi connectivity index (χ3n) is 6.88. The Bertz CT molecular complexity index is 1940. The minimum Gasteiger partial charge on any atom is -0.454 e. The average molecular weight is 619 g/mol. The predicted octanol–water partition coefficient (Wildman–Crippen LogP) is 7.55.